The highest BCUT2D eigenvalue weighted by molar-refractivity contribution is 7.80. The van der Waals surface area contributed by atoms with Crippen molar-refractivity contribution in [1.29, 1.82) is 0 Å². The van der Waals surface area contributed by atoms with E-state index in [1.165, 1.54) is 18.2 Å². The van der Waals surface area contributed by atoms with Crippen LogP contribution >= 0.6 is 12.6 Å². The maximum Gasteiger partial charge on any atom is 0.251 e. The van der Waals surface area contributed by atoms with Gasteiger partial charge in [0.25, 0.3) is 5.91 Å². The second-order valence-corrected chi connectivity index (χ2v) is 5.58. The molecule has 0 bridgehead atoms. The number of rotatable bonds is 2. The summed E-state index contributed by atoms with van der Waals surface area (Å²) in [6.45, 7) is 2.24. The summed E-state index contributed by atoms with van der Waals surface area (Å²) in [5, 5.41) is 3.01. The molecule has 0 saturated heterocycles. The Hall–Kier alpha value is -1.03. The number of thiol groups is 1. The molecule has 1 N–H and O–H groups in total. The molecule has 1 aromatic carbocycles. The fraction of sp³-hybridized carbons (Fsp3) is 0.500. The normalized spacial score (nSPS) is 23.7. The highest BCUT2D eigenvalue weighted by Crippen LogP contribution is 2.23. The van der Waals surface area contributed by atoms with Gasteiger partial charge in [-0.15, -0.1) is 12.6 Å². The first kappa shape index (κ1) is 13.4. The fourth-order valence-corrected chi connectivity index (χ4v) is 2.54. The molecule has 0 heterocycles. The molecule has 0 unspecified atom stereocenters. The summed E-state index contributed by atoms with van der Waals surface area (Å²) in [7, 11) is 0. The van der Waals surface area contributed by atoms with Gasteiger partial charge in [-0.3, -0.25) is 4.79 Å². The molecule has 1 aliphatic rings. The highest BCUT2D eigenvalue weighted by atomic mass is 32.1. The van der Waals surface area contributed by atoms with E-state index in [-0.39, 0.29) is 16.8 Å². The number of carbonyl (C=O) groups is 1. The van der Waals surface area contributed by atoms with Crippen LogP contribution in [0.2, 0.25) is 0 Å². The smallest absolute Gasteiger partial charge is 0.251 e. The van der Waals surface area contributed by atoms with Crippen LogP contribution in [0.15, 0.2) is 23.1 Å². The second kappa shape index (κ2) is 5.74. The second-order valence-electron chi connectivity index (χ2n) is 5.10. The third kappa shape index (κ3) is 3.25. The number of benzene rings is 1. The predicted octanol–water partition coefficient (Wildman–Crippen LogP) is 3.42. The predicted molar refractivity (Wildman–Crippen MR) is 72.5 cm³/mol. The molecule has 18 heavy (non-hydrogen) atoms. The van der Waals surface area contributed by atoms with Crippen LogP contribution in [0.4, 0.5) is 4.39 Å². The van der Waals surface area contributed by atoms with E-state index >= 15 is 0 Å². The van der Waals surface area contributed by atoms with Gasteiger partial charge in [-0.1, -0.05) is 6.92 Å². The molecule has 0 atom stereocenters. The lowest BCUT2D eigenvalue weighted by atomic mass is 9.87. The maximum absolute atomic E-state index is 13.1. The molecular formula is C14H18FNOS. The van der Waals surface area contributed by atoms with Crippen LogP contribution in [-0.2, 0) is 0 Å². The molecule has 0 spiro atoms. The Bertz CT molecular complexity index is 441. The van der Waals surface area contributed by atoms with Crippen LogP contribution in [0, 0.1) is 11.7 Å². The molecule has 4 heteroatoms. The molecular weight excluding hydrogens is 249 g/mol. The molecule has 2 rings (SSSR count). The van der Waals surface area contributed by atoms with E-state index in [9.17, 15) is 9.18 Å². The topological polar surface area (TPSA) is 29.1 Å². The summed E-state index contributed by atoms with van der Waals surface area (Å²) in [4.78, 5) is 12.2. The maximum atomic E-state index is 13.1. The quantitative estimate of drug-likeness (QED) is 0.790. The minimum atomic E-state index is -0.402. The summed E-state index contributed by atoms with van der Waals surface area (Å²) < 4.78 is 13.1. The van der Waals surface area contributed by atoms with E-state index in [1.54, 1.807) is 0 Å². The molecule has 0 radical (unpaired) electrons. The van der Waals surface area contributed by atoms with Gasteiger partial charge >= 0.3 is 0 Å². The third-order valence-electron chi connectivity index (χ3n) is 3.56. The Kier molecular flexibility index (Phi) is 4.27. The third-order valence-corrected chi connectivity index (χ3v) is 3.90. The zero-order valence-corrected chi connectivity index (χ0v) is 11.3. The van der Waals surface area contributed by atoms with Gasteiger partial charge in [0.2, 0.25) is 0 Å². The molecule has 1 aliphatic carbocycles. The molecule has 98 valence electrons. The zero-order chi connectivity index (χ0) is 13.1. The van der Waals surface area contributed by atoms with Gasteiger partial charge in [0.15, 0.2) is 0 Å². The highest BCUT2D eigenvalue weighted by Gasteiger charge is 2.20. The summed E-state index contributed by atoms with van der Waals surface area (Å²) in [6.07, 6.45) is 4.38. The lowest BCUT2D eigenvalue weighted by molar-refractivity contribution is 0.0922. The summed E-state index contributed by atoms with van der Waals surface area (Å²) >= 11 is 3.98. The van der Waals surface area contributed by atoms with E-state index in [4.69, 9.17) is 0 Å². The summed E-state index contributed by atoms with van der Waals surface area (Å²) in [6, 6.07) is 4.50. The van der Waals surface area contributed by atoms with Crippen LogP contribution in [0.5, 0.6) is 0 Å². The van der Waals surface area contributed by atoms with E-state index in [0.29, 0.717) is 5.56 Å². The van der Waals surface area contributed by atoms with Gasteiger partial charge in [-0.2, -0.15) is 0 Å². The van der Waals surface area contributed by atoms with Crippen LogP contribution in [0.1, 0.15) is 43.0 Å². The van der Waals surface area contributed by atoms with Crippen molar-refractivity contribution in [2.24, 2.45) is 5.92 Å². The molecule has 0 aliphatic heterocycles. The van der Waals surface area contributed by atoms with E-state index in [0.717, 1.165) is 31.6 Å². The van der Waals surface area contributed by atoms with Crippen molar-refractivity contribution in [2.45, 2.75) is 43.5 Å². The van der Waals surface area contributed by atoms with Crippen molar-refractivity contribution < 1.29 is 9.18 Å². The first-order valence-electron chi connectivity index (χ1n) is 6.35. The standard InChI is InChI=1S/C14H18FNOS/c1-9-2-5-11(6-3-9)16-14(17)10-4-7-12(15)13(18)8-10/h4,7-9,11,18H,2-3,5-6H2,1H3,(H,16,17). The van der Waals surface area contributed by atoms with Crippen molar-refractivity contribution >= 4 is 18.5 Å². The first-order chi connectivity index (χ1) is 8.56. The van der Waals surface area contributed by atoms with Crippen molar-refractivity contribution in [1.82, 2.24) is 5.32 Å². The van der Waals surface area contributed by atoms with Gasteiger partial charge in [-0.25, -0.2) is 4.39 Å². The Morgan fingerprint density at radius 3 is 2.61 bits per heavy atom. The average Bonchev–Trinajstić information content (AvgIpc) is 2.35. The lowest BCUT2D eigenvalue weighted by Gasteiger charge is -2.26. The minimum Gasteiger partial charge on any atom is -0.349 e. The largest absolute Gasteiger partial charge is 0.349 e. The van der Waals surface area contributed by atoms with Gasteiger partial charge in [0.1, 0.15) is 5.82 Å². The van der Waals surface area contributed by atoms with Crippen molar-refractivity contribution in [2.75, 3.05) is 0 Å². The number of hydrogen-bond donors (Lipinski definition) is 2. The van der Waals surface area contributed by atoms with E-state index < -0.39 is 5.82 Å². The number of halogens is 1. The lowest BCUT2D eigenvalue weighted by Crippen LogP contribution is -2.37. The number of hydrogen-bond acceptors (Lipinski definition) is 2. The summed E-state index contributed by atoms with van der Waals surface area (Å²) in [5.74, 6) is 0.222. The number of nitrogens with one attached hydrogen (secondary N) is 1. The fourth-order valence-electron chi connectivity index (χ4n) is 2.33. The summed E-state index contributed by atoms with van der Waals surface area (Å²) in [5.41, 5.74) is 0.472. The molecule has 1 fully saturated rings. The zero-order valence-electron chi connectivity index (χ0n) is 10.4. The van der Waals surface area contributed by atoms with E-state index in [1.807, 2.05) is 0 Å². The van der Waals surface area contributed by atoms with E-state index in [2.05, 4.69) is 24.9 Å². The van der Waals surface area contributed by atoms with Gasteiger partial charge in [0.05, 0.1) is 0 Å². The average molecular weight is 267 g/mol. The monoisotopic (exact) mass is 267 g/mol. The Morgan fingerprint density at radius 1 is 1.33 bits per heavy atom. The molecule has 1 saturated carbocycles. The SMILES string of the molecule is CC1CCC(NC(=O)c2ccc(F)c(S)c2)CC1. The molecule has 1 aromatic rings. The first-order valence-corrected chi connectivity index (χ1v) is 6.80. The Morgan fingerprint density at radius 2 is 2.00 bits per heavy atom. The minimum absolute atomic E-state index is 0.134. The molecule has 0 aromatic heterocycles. The van der Waals surface area contributed by atoms with Crippen LogP contribution in [-0.4, -0.2) is 11.9 Å². The van der Waals surface area contributed by atoms with Crippen LogP contribution in [0.25, 0.3) is 0 Å². The molecule has 1 amide bonds. The van der Waals surface area contributed by atoms with Crippen LogP contribution < -0.4 is 5.32 Å². The number of amides is 1. The van der Waals surface area contributed by atoms with Gasteiger partial charge < -0.3 is 5.32 Å². The number of carbonyl (C=O) groups excluding carboxylic acids is 1. The van der Waals surface area contributed by atoms with Crippen molar-refractivity contribution in [3.8, 4) is 0 Å². The van der Waals surface area contributed by atoms with Gasteiger partial charge in [-0.05, 0) is 49.8 Å². The Balaban J connectivity index is 1.97. The Labute approximate surface area is 112 Å². The van der Waals surface area contributed by atoms with Crippen LogP contribution in [0.3, 0.4) is 0 Å². The van der Waals surface area contributed by atoms with Gasteiger partial charge in [0, 0.05) is 16.5 Å². The molecule has 2 nitrogen and oxygen atoms in total. The van der Waals surface area contributed by atoms with Crippen molar-refractivity contribution in [3.05, 3.63) is 29.6 Å². The van der Waals surface area contributed by atoms with Crippen molar-refractivity contribution in [3.63, 3.8) is 0 Å².